The van der Waals surface area contributed by atoms with Gasteiger partial charge in [-0.15, -0.1) is 11.3 Å². The van der Waals surface area contributed by atoms with E-state index in [0.717, 1.165) is 16.2 Å². The summed E-state index contributed by atoms with van der Waals surface area (Å²) in [6, 6.07) is 8.75. The summed E-state index contributed by atoms with van der Waals surface area (Å²) in [5, 5.41) is 15.0. The summed E-state index contributed by atoms with van der Waals surface area (Å²) < 4.78 is 30.5. The minimum absolute atomic E-state index is 0. The highest BCUT2D eigenvalue weighted by atomic mass is 32.2. The minimum Gasteiger partial charge on any atom is -0.508 e. The number of nitrogens with zero attached hydrogens (tertiary/aromatic N) is 5. The van der Waals surface area contributed by atoms with Crippen LogP contribution in [-0.2, 0) is 10.2 Å². The molecule has 12 heteroatoms. The number of nitrogens with one attached hydrogen (secondary N) is 2. The molecule has 3 aromatic heterocycles. The van der Waals surface area contributed by atoms with Crippen LogP contribution in [0.5, 0.6) is 5.75 Å². The highest BCUT2D eigenvalue weighted by Crippen LogP contribution is 2.34. The molecule has 34 heavy (non-hydrogen) atoms. The van der Waals surface area contributed by atoms with Gasteiger partial charge in [0.25, 0.3) is 10.2 Å². The first-order chi connectivity index (χ1) is 15.7. The molecule has 180 valence electrons. The van der Waals surface area contributed by atoms with Crippen LogP contribution in [0.15, 0.2) is 48.1 Å². The number of fused-ring (bicyclic) bond motifs is 1. The number of hydrogen-bond acceptors (Lipinski definition) is 8. The van der Waals surface area contributed by atoms with Gasteiger partial charge in [-0.1, -0.05) is 19.6 Å². The Bertz CT molecular complexity index is 1430. The zero-order chi connectivity index (χ0) is 23.2. The lowest BCUT2D eigenvalue weighted by Crippen LogP contribution is -2.36. The van der Waals surface area contributed by atoms with Gasteiger partial charge in [0.15, 0.2) is 4.96 Å². The molecule has 3 N–H and O–H groups in total. The number of rotatable bonds is 6. The molecule has 0 spiro atoms. The summed E-state index contributed by atoms with van der Waals surface area (Å²) >= 11 is 1.51. The quantitative estimate of drug-likeness (QED) is 0.370. The van der Waals surface area contributed by atoms with Crippen molar-refractivity contribution in [1.29, 1.82) is 0 Å². The van der Waals surface area contributed by atoms with E-state index in [2.05, 4.69) is 20.0 Å². The van der Waals surface area contributed by atoms with Gasteiger partial charge in [0.05, 0.1) is 11.4 Å². The second-order valence-corrected chi connectivity index (χ2v) is 11.0. The molecule has 1 fully saturated rings. The second kappa shape index (κ2) is 8.95. The molecule has 4 heterocycles. The monoisotopic (exact) mass is 501 g/mol. The maximum atomic E-state index is 12.3. The third kappa shape index (κ3) is 4.62. The summed E-state index contributed by atoms with van der Waals surface area (Å²) in [5.74, 6) is 0.553. The number of phenols is 1. The number of benzene rings is 1. The molecule has 0 atom stereocenters. The summed E-state index contributed by atoms with van der Waals surface area (Å²) in [6.07, 6.45) is 3.58. The fourth-order valence-corrected chi connectivity index (χ4v) is 6.35. The van der Waals surface area contributed by atoms with E-state index in [9.17, 15) is 13.5 Å². The topological polar surface area (TPSA) is 125 Å². The van der Waals surface area contributed by atoms with Crippen molar-refractivity contribution in [2.24, 2.45) is 0 Å². The smallest absolute Gasteiger partial charge is 0.280 e. The largest absolute Gasteiger partial charge is 0.508 e. The van der Waals surface area contributed by atoms with Crippen LogP contribution >= 0.6 is 11.3 Å². The van der Waals surface area contributed by atoms with Crippen LogP contribution in [0.1, 0.15) is 21.3 Å². The van der Waals surface area contributed by atoms with Gasteiger partial charge in [-0.05, 0) is 32.0 Å². The van der Waals surface area contributed by atoms with Gasteiger partial charge in [0.2, 0.25) is 5.95 Å². The van der Waals surface area contributed by atoms with Gasteiger partial charge in [-0.25, -0.2) is 15.0 Å². The molecule has 1 aliphatic rings. The minimum atomic E-state index is -3.48. The first-order valence-corrected chi connectivity index (χ1v) is 12.7. The number of imidazole rings is 1. The van der Waals surface area contributed by atoms with Crippen LogP contribution in [0.25, 0.3) is 27.6 Å². The number of phenolic OH excluding ortho intramolecular Hbond substituents is 1. The lowest BCUT2D eigenvalue weighted by molar-refractivity contribution is 0.388. The zero-order valence-corrected chi connectivity index (χ0v) is 19.7. The molecule has 1 aromatic carbocycles. The van der Waals surface area contributed by atoms with Crippen molar-refractivity contribution in [2.45, 2.75) is 26.8 Å². The molecular formula is C22H27N7O3S2. The van der Waals surface area contributed by atoms with Crippen molar-refractivity contribution in [3.05, 3.63) is 48.1 Å². The Hall–Kier alpha value is -3.06. The van der Waals surface area contributed by atoms with Crippen LogP contribution in [0.2, 0.25) is 0 Å². The lowest BCUT2D eigenvalue weighted by atomic mass is 10.1. The molecule has 0 saturated carbocycles. The molecule has 1 saturated heterocycles. The maximum absolute atomic E-state index is 12.3. The molecule has 0 radical (unpaired) electrons. The van der Waals surface area contributed by atoms with Crippen LogP contribution < -0.4 is 10.0 Å². The molecule has 4 aromatic rings. The van der Waals surface area contributed by atoms with Gasteiger partial charge in [0.1, 0.15) is 11.4 Å². The van der Waals surface area contributed by atoms with E-state index in [1.807, 2.05) is 35.9 Å². The van der Waals surface area contributed by atoms with Gasteiger partial charge in [0, 0.05) is 48.5 Å². The van der Waals surface area contributed by atoms with E-state index >= 15 is 0 Å². The Kier molecular flexibility index (Phi) is 6.34. The van der Waals surface area contributed by atoms with Gasteiger partial charge in [-0.2, -0.15) is 17.4 Å². The number of thiazole rings is 1. The van der Waals surface area contributed by atoms with Crippen molar-refractivity contribution < 1.29 is 13.5 Å². The van der Waals surface area contributed by atoms with Crippen LogP contribution in [-0.4, -0.2) is 62.4 Å². The number of anilines is 1. The SMILES string of the molecule is C.CC1(C)CN(CCNc2nccc(-c3c(-c4cccc(O)c4)nc4sccn34)n2)S(=O)(=O)N1. The Labute approximate surface area is 202 Å². The summed E-state index contributed by atoms with van der Waals surface area (Å²) in [5.41, 5.74) is 2.44. The molecule has 1 aliphatic heterocycles. The molecule has 0 aliphatic carbocycles. The first kappa shape index (κ1) is 24.1. The summed E-state index contributed by atoms with van der Waals surface area (Å²) in [4.78, 5) is 14.5. The molecular weight excluding hydrogens is 474 g/mol. The van der Waals surface area contributed by atoms with Crippen LogP contribution in [0, 0.1) is 0 Å². The van der Waals surface area contributed by atoms with E-state index in [-0.39, 0.29) is 13.2 Å². The fraction of sp³-hybridized carbons (Fsp3) is 0.318. The predicted octanol–water partition coefficient (Wildman–Crippen LogP) is 3.20. The highest BCUT2D eigenvalue weighted by molar-refractivity contribution is 7.87. The van der Waals surface area contributed by atoms with E-state index in [1.54, 1.807) is 30.5 Å². The predicted molar refractivity (Wildman–Crippen MR) is 134 cm³/mol. The van der Waals surface area contributed by atoms with Gasteiger partial charge < -0.3 is 10.4 Å². The number of hydrogen-bond donors (Lipinski definition) is 3. The fourth-order valence-electron chi connectivity index (χ4n) is 3.92. The van der Waals surface area contributed by atoms with Crippen LogP contribution in [0.3, 0.4) is 0 Å². The van der Waals surface area contributed by atoms with Crippen molar-refractivity contribution in [2.75, 3.05) is 25.0 Å². The molecule has 0 unspecified atom stereocenters. The van der Waals surface area contributed by atoms with E-state index in [4.69, 9.17) is 4.98 Å². The maximum Gasteiger partial charge on any atom is 0.280 e. The Morgan fingerprint density at radius 2 is 2.09 bits per heavy atom. The standard InChI is InChI=1S/C21H23N7O3S2.CH4/c1-21(2)13-27(33(30,31)26-21)9-8-23-19-22-7-6-16(24-19)18-17(14-4-3-5-15(29)12-14)25-20-28(18)10-11-32-20;/h3-7,10-12,26,29H,8-9,13H2,1-2H3,(H,22,23,24);1H4. The van der Waals surface area contributed by atoms with Crippen molar-refractivity contribution in [1.82, 2.24) is 28.4 Å². The normalized spacial score (nSPS) is 17.0. The lowest BCUT2D eigenvalue weighted by Gasteiger charge is -2.16. The summed E-state index contributed by atoms with van der Waals surface area (Å²) in [7, 11) is -3.48. The number of aromatic hydroxyl groups is 1. The van der Waals surface area contributed by atoms with Crippen molar-refractivity contribution >= 4 is 32.5 Å². The molecule has 0 amide bonds. The molecule has 0 bridgehead atoms. The first-order valence-electron chi connectivity index (χ1n) is 10.3. The average molecular weight is 502 g/mol. The Morgan fingerprint density at radius 1 is 1.26 bits per heavy atom. The van der Waals surface area contributed by atoms with Crippen molar-refractivity contribution in [3.8, 4) is 28.4 Å². The Balaban J connectivity index is 0.00000274. The van der Waals surface area contributed by atoms with E-state index < -0.39 is 15.7 Å². The number of aromatic nitrogens is 4. The third-order valence-corrected chi connectivity index (χ3v) is 7.80. The van der Waals surface area contributed by atoms with Crippen LogP contribution in [0.4, 0.5) is 5.95 Å². The molecule has 10 nitrogen and oxygen atoms in total. The van der Waals surface area contributed by atoms with E-state index in [0.29, 0.717) is 37.0 Å². The second-order valence-electron chi connectivity index (χ2n) is 8.43. The van der Waals surface area contributed by atoms with Gasteiger partial charge in [-0.3, -0.25) is 4.40 Å². The Morgan fingerprint density at radius 3 is 2.82 bits per heavy atom. The zero-order valence-electron chi connectivity index (χ0n) is 18.1. The third-order valence-electron chi connectivity index (χ3n) is 5.24. The highest BCUT2D eigenvalue weighted by Gasteiger charge is 2.40. The van der Waals surface area contributed by atoms with E-state index in [1.165, 1.54) is 15.6 Å². The molecule has 5 rings (SSSR count). The van der Waals surface area contributed by atoms with Gasteiger partial charge >= 0.3 is 0 Å². The average Bonchev–Trinajstić information content (AvgIpc) is 3.39. The van der Waals surface area contributed by atoms with Crippen molar-refractivity contribution in [3.63, 3.8) is 0 Å². The summed E-state index contributed by atoms with van der Waals surface area (Å²) in [6.45, 7) is 4.76.